The van der Waals surface area contributed by atoms with Crippen molar-refractivity contribution in [1.29, 1.82) is 0 Å². The molecule has 7 N–H and O–H groups in total. The fraction of sp³-hybridized carbons (Fsp3) is 1.00. The van der Waals surface area contributed by atoms with E-state index in [4.69, 9.17) is 21.5 Å². The Hall–Kier alpha value is -0.280. The lowest BCUT2D eigenvalue weighted by Crippen LogP contribution is -2.62. The minimum absolute atomic E-state index is 0.440. The van der Waals surface area contributed by atoms with Gasteiger partial charge in [-0.3, -0.25) is 4.84 Å². The third-order valence-electron chi connectivity index (χ3n) is 2.06. The van der Waals surface area contributed by atoms with Crippen LogP contribution in [0.15, 0.2) is 0 Å². The summed E-state index contributed by atoms with van der Waals surface area (Å²) in [5, 5.41) is 27.4. The number of nitrogens with two attached hydrogens (primary N) is 2. The third kappa shape index (κ3) is 1.97. The van der Waals surface area contributed by atoms with Crippen LogP contribution in [0.4, 0.5) is 0 Å². The van der Waals surface area contributed by atoms with Crippen LogP contribution in [0.5, 0.6) is 0 Å². The molecule has 1 heterocycles. The number of hydrogen-bond acceptors (Lipinski definition) is 7. The molecule has 13 heavy (non-hydrogen) atoms. The molecule has 0 amide bonds. The van der Waals surface area contributed by atoms with Crippen LogP contribution in [0.3, 0.4) is 0 Å². The average Bonchev–Trinajstić information content (AvgIpc) is 2.15. The molecule has 0 aromatic rings. The lowest BCUT2D eigenvalue weighted by atomic mass is 9.98. The van der Waals surface area contributed by atoms with E-state index in [0.29, 0.717) is 0 Å². The van der Waals surface area contributed by atoms with Crippen molar-refractivity contribution in [2.75, 3.05) is 6.61 Å². The summed E-state index contributed by atoms with van der Waals surface area (Å²) in [5.74, 6) is 4.84. The van der Waals surface area contributed by atoms with Gasteiger partial charge in [0, 0.05) is 0 Å². The monoisotopic (exact) mass is 194 g/mol. The Balaban J connectivity index is 2.66. The zero-order chi connectivity index (χ0) is 10.0. The summed E-state index contributed by atoms with van der Waals surface area (Å²) in [7, 11) is 0. The zero-order valence-corrected chi connectivity index (χ0v) is 6.91. The van der Waals surface area contributed by atoms with Crippen molar-refractivity contribution >= 4 is 0 Å². The van der Waals surface area contributed by atoms with Gasteiger partial charge in [-0.1, -0.05) is 0 Å². The Morgan fingerprint density at radius 2 is 1.92 bits per heavy atom. The molecule has 1 unspecified atom stereocenters. The highest BCUT2D eigenvalue weighted by molar-refractivity contribution is 4.90. The first-order valence-corrected chi connectivity index (χ1v) is 3.85. The molecular weight excluding hydrogens is 180 g/mol. The third-order valence-corrected chi connectivity index (χ3v) is 2.06. The molecule has 0 aromatic carbocycles. The summed E-state index contributed by atoms with van der Waals surface area (Å²) in [5.41, 5.74) is 5.42. The molecule has 1 aliphatic heterocycles. The van der Waals surface area contributed by atoms with Gasteiger partial charge in [-0.2, -0.15) is 0 Å². The maximum absolute atomic E-state index is 9.35. The normalized spacial score (nSPS) is 46.4. The number of aliphatic hydroxyl groups is 3. The highest BCUT2D eigenvalue weighted by atomic mass is 16.8. The predicted octanol–water partition coefficient (Wildman–Crippen LogP) is -3.36. The van der Waals surface area contributed by atoms with E-state index in [-0.39, 0.29) is 0 Å². The lowest BCUT2D eigenvalue weighted by Gasteiger charge is -2.39. The first kappa shape index (κ1) is 10.8. The summed E-state index contributed by atoms with van der Waals surface area (Å²) < 4.78 is 4.95. The van der Waals surface area contributed by atoms with Crippen LogP contribution >= 0.6 is 0 Å². The predicted molar refractivity (Wildman–Crippen MR) is 41.0 cm³/mol. The summed E-state index contributed by atoms with van der Waals surface area (Å²) in [6.45, 7) is -0.440. The molecule has 1 fully saturated rings. The molecule has 1 saturated heterocycles. The van der Waals surface area contributed by atoms with Gasteiger partial charge in [0.05, 0.1) is 12.6 Å². The molecule has 1 rings (SSSR count). The minimum Gasteiger partial charge on any atom is -0.394 e. The molecule has 1 aliphatic rings. The van der Waals surface area contributed by atoms with Crippen LogP contribution in [-0.4, -0.2) is 52.6 Å². The van der Waals surface area contributed by atoms with Crippen molar-refractivity contribution < 1.29 is 24.9 Å². The molecule has 0 spiro atoms. The Bertz CT molecular complexity index is 149. The van der Waals surface area contributed by atoms with E-state index in [2.05, 4.69) is 4.84 Å². The van der Waals surface area contributed by atoms with Crippen LogP contribution in [0.25, 0.3) is 0 Å². The van der Waals surface area contributed by atoms with Gasteiger partial charge in [0.2, 0.25) is 0 Å². The summed E-state index contributed by atoms with van der Waals surface area (Å²) in [4.78, 5) is 4.32. The van der Waals surface area contributed by atoms with Crippen molar-refractivity contribution in [1.82, 2.24) is 0 Å². The lowest BCUT2D eigenvalue weighted by molar-refractivity contribution is -0.267. The highest BCUT2D eigenvalue weighted by Gasteiger charge is 2.42. The maximum atomic E-state index is 9.35. The zero-order valence-electron chi connectivity index (χ0n) is 6.91. The largest absolute Gasteiger partial charge is 0.394 e. The first-order valence-electron chi connectivity index (χ1n) is 3.85. The van der Waals surface area contributed by atoms with Gasteiger partial charge in [0.15, 0.2) is 6.29 Å². The summed E-state index contributed by atoms with van der Waals surface area (Å²) >= 11 is 0. The van der Waals surface area contributed by atoms with E-state index < -0.39 is 37.3 Å². The number of rotatable bonds is 2. The van der Waals surface area contributed by atoms with Crippen molar-refractivity contribution in [3.05, 3.63) is 0 Å². The van der Waals surface area contributed by atoms with Gasteiger partial charge >= 0.3 is 0 Å². The van der Waals surface area contributed by atoms with E-state index in [1.807, 2.05) is 0 Å². The van der Waals surface area contributed by atoms with Gasteiger partial charge in [0.25, 0.3) is 0 Å². The molecule has 0 aliphatic carbocycles. The smallest absolute Gasteiger partial charge is 0.195 e. The van der Waals surface area contributed by atoms with E-state index in [9.17, 15) is 10.2 Å². The average molecular weight is 194 g/mol. The fourth-order valence-electron chi connectivity index (χ4n) is 1.23. The molecule has 7 heteroatoms. The second kappa shape index (κ2) is 4.29. The molecule has 0 bridgehead atoms. The topological polar surface area (TPSA) is 131 Å². The van der Waals surface area contributed by atoms with E-state index in [1.54, 1.807) is 0 Å². The van der Waals surface area contributed by atoms with Crippen molar-refractivity contribution in [3.63, 3.8) is 0 Å². The van der Waals surface area contributed by atoms with Crippen molar-refractivity contribution in [3.8, 4) is 0 Å². The van der Waals surface area contributed by atoms with E-state index in [0.717, 1.165) is 0 Å². The van der Waals surface area contributed by atoms with Gasteiger partial charge in [-0.25, -0.2) is 5.90 Å². The second-order valence-electron chi connectivity index (χ2n) is 2.92. The van der Waals surface area contributed by atoms with E-state index in [1.165, 1.54) is 0 Å². The Kier molecular flexibility index (Phi) is 3.56. The molecular formula is C6H14N2O5. The minimum atomic E-state index is -1.23. The fourth-order valence-corrected chi connectivity index (χ4v) is 1.23. The van der Waals surface area contributed by atoms with Gasteiger partial charge < -0.3 is 25.8 Å². The summed E-state index contributed by atoms with van der Waals surface area (Å²) in [6.07, 6.45) is -4.40. The highest BCUT2D eigenvalue weighted by Crippen LogP contribution is 2.19. The van der Waals surface area contributed by atoms with Gasteiger partial charge in [-0.15, -0.1) is 0 Å². The maximum Gasteiger partial charge on any atom is 0.195 e. The second-order valence-corrected chi connectivity index (χ2v) is 2.92. The molecule has 0 aromatic heterocycles. The molecule has 5 atom stereocenters. The van der Waals surface area contributed by atoms with Gasteiger partial charge in [0.1, 0.15) is 18.3 Å². The standard InChI is InChI=1S/C6H14N2O5/c7-3-5(11)4(10)2(1-9)12-6(3)13-8/h2-6,9-11H,1,7-8H2/t2-,3-,4-,5-,6?/m1/s1. The molecule has 7 nitrogen and oxygen atoms in total. The van der Waals surface area contributed by atoms with Crippen LogP contribution in [0, 0.1) is 0 Å². The van der Waals surface area contributed by atoms with Crippen LogP contribution in [0.1, 0.15) is 0 Å². The van der Waals surface area contributed by atoms with Crippen LogP contribution in [-0.2, 0) is 9.57 Å². The van der Waals surface area contributed by atoms with Crippen LogP contribution < -0.4 is 11.6 Å². The molecule has 0 saturated carbocycles. The first-order chi connectivity index (χ1) is 6.11. The van der Waals surface area contributed by atoms with E-state index >= 15 is 0 Å². The number of aliphatic hydroxyl groups excluding tert-OH is 3. The van der Waals surface area contributed by atoms with Crippen LogP contribution in [0.2, 0.25) is 0 Å². The molecule has 0 radical (unpaired) electrons. The number of ether oxygens (including phenoxy) is 1. The number of hydrogen-bond donors (Lipinski definition) is 5. The molecule has 78 valence electrons. The Labute approximate surface area is 74.8 Å². The van der Waals surface area contributed by atoms with Crippen molar-refractivity contribution in [2.45, 2.75) is 30.6 Å². The Morgan fingerprint density at radius 3 is 2.38 bits per heavy atom. The Morgan fingerprint density at radius 1 is 1.31 bits per heavy atom. The van der Waals surface area contributed by atoms with Crippen molar-refractivity contribution in [2.24, 2.45) is 11.6 Å². The quantitative estimate of drug-likeness (QED) is 0.290. The summed E-state index contributed by atoms with van der Waals surface area (Å²) in [6, 6.07) is -0.928. The van der Waals surface area contributed by atoms with Gasteiger partial charge in [-0.05, 0) is 0 Å². The SMILES string of the molecule is NOC1O[C@H](CO)[C@@H](O)[C@H](O)[C@H]1N.